The van der Waals surface area contributed by atoms with Gasteiger partial charge in [0.1, 0.15) is 0 Å². The quantitative estimate of drug-likeness (QED) is 0.537. The van der Waals surface area contributed by atoms with Crippen molar-refractivity contribution in [3.05, 3.63) is 0 Å². The van der Waals surface area contributed by atoms with Gasteiger partial charge in [0.15, 0.2) is 0 Å². The number of aliphatic hydroxyl groups excluding tert-OH is 1. The van der Waals surface area contributed by atoms with Crippen molar-refractivity contribution in [1.29, 1.82) is 0 Å². The van der Waals surface area contributed by atoms with Crippen LogP contribution >= 0.6 is 0 Å². The molecule has 0 aromatic heterocycles. The van der Waals surface area contributed by atoms with Crippen LogP contribution in [0.1, 0.15) is 26.2 Å². The van der Waals surface area contributed by atoms with E-state index >= 15 is 0 Å². The van der Waals surface area contributed by atoms with E-state index in [2.05, 4.69) is 5.32 Å². The number of hydrogen-bond donors (Lipinski definition) is 3. The van der Waals surface area contributed by atoms with Crippen LogP contribution < -0.4 is 5.32 Å². The van der Waals surface area contributed by atoms with Crippen LogP contribution in [0.25, 0.3) is 0 Å². The third-order valence-electron chi connectivity index (χ3n) is 1.39. The molecule has 0 fully saturated rings. The summed E-state index contributed by atoms with van der Waals surface area (Å²) in [6.45, 7) is 1.78. The molecule has 1 amide bonds. The largest absolute Gasteiger partial charge is 0.481 e. The van der Waals surface area contributed by atoms with Gasteiger partial charge >= 0.3 is 5.97 Å². The number of amides is 1. The maximum atomic E-state index is 10.9. The number of carbonyl (C=O) groups excluding carboxylic acids is 1. The van der Waals surface area contributed by atoms with E-state index in [-0.39, 0.29) is 25.3 Å². The lowest BCUT2D eigenvalue weighted by Gasteiger charge is -2.05. The molecule has 0 spiro atoms. The van der Waals surface area contributed by atoms with Crippen LogP contribution in [0.4, 0.5) is 0 Å². The van der Waals surface area contributed by atoms with E-state index in [1.54, 1.807) is 6.92 Å². The highest BCUT2D eigenvalue weighted by Gasteiger charge is 2.04. The van der Waals surface area contributed by atoms with Crippen LogP contribution in [0, 0.1) is 0 Å². The van der Waals surface area contributed by atoms with E-state index in [1.807, 2.05) is 0 Å². The zero-order valence-corrected chi connectivity index (χ0v) is 7.62. The minimum absolute atomic E-state index is 0.00208. The maximum absolute atomic E-state index is 10.9. The van der Waals surface area contributed by atoms with Gasteiger partial charge in [-0.3, -0.25) is 9.59 Å². The summed E-state index contributed by atoms with van der Waals surface area (Å²) >= 11 is 0. The zero-order chi connectivity index (χ0) is 10.3. The topological polar surface area (TPSA) is 86.6 Å². The average molecular weight is 189 g/mol. The lowest BCUT2D eigenvalue weighted by atomic mass is 10.2. The molecular weight excluding hydrogens is 174 g/mol. The third-order valence-corrected chi connectivity index (χ3v) is 1.39. The predicted octanol–water partition coefficient (Wildman–Crippen LogP) is -0.262. The Bertz CT molecular complexity index is 179. The molecule has 0 rings (SSSR count). The van der Waals surface area contributed by atoms with E-state index in [0.717, 1.165) is 0 Å². The molecule has 3 N–H and O–H groups in total. The van der Waals surface area contributed by atoms with Crippen molar-refractivity contribution in [3.63, 3.8) is 0 Å². The molecule has 1 atom stereocenters. The molecule has 0 heterocycles. The highest BCUT2D eigenvalue weighted by Crippen LogP contribution is 1.94. The summed E-state index contributed by atoms with van der Waals surface area (Å²) in [6.07, 6.45) is -0.0364. The van der Waals surface area contributed by atoms with Crippen LogP contribution in [0.5, 0.6) is 0 Å². The number of nitrogens with one attached hydrogen (secondary N) is 1. The van der Waals surface area contributed by atoms with Crippen molar-refractivity contribution in [2.45, 2.75) is 32.3 Å². The molecule has 0 aliphatic carbocycles. The number of hydrogen-bond acceptors (Lipinski definition) is 3. The van der Waals surface area contributed by atoms with Gasteiger partial charge in [-0.2, -0.15) is 0 Å². The van der Waals surface area contributed by atoms with Crippen LogP contribution in [-0.4, -0.2) is 34.7 Å². The fourth-order valence-electron chi connectivity index (χ4n) is 0.750. The third kappa shape index (κ3) is 8.81. The Kier molecular flexibility index (Phi) is 5.88. The van der Waals surface area contributed by atoms with Gasteiger partial charge in [0.25, 0.3) is 0 Å². The molecule has 13 heavy (non-hydrogen) atoms. The summed E-state index contributed by atoms with van der Waals surface area (Å²) in [5, 5.41) is 19.6. The first kappa shape index (κ1) is 11.9. The molecule has 0 aliphatic rings. The molecule has 0 saturated carbocycles. The predicted molar refractivity (Wildman–Crippen MR) is 46.2 cm³/mol. The van der Waals surface area contributed by atoms with Crippen molar-refractivity contribution < 1.29 is 19.8 Å². The summed E-state index contributed by atoms with van der Waals surface area (Å²) in [6, 6.07) is 0. The zero-order valence-electron chi connectivity index (χ0n) is 7.62. The number of carboxylic acids is 1. The average Bonchev–Trinajstić information content (AvgIpc) is 2.00. The van der Waals surface area contributed by atoms with Crippen LogP contribution in [0.2, 0.25) is 0 Å². The first-order valence-corrected chi connectivity index (χ1v) is 4.19. The summed E-state index contributed by atoms with van der Waals surface area (Å²) in [7, 11) is 0. The molecule has 5 heteroatoms. The molecule has 5 nitrogen and oxygen atoms in total. The summed E-state index contributed by atoms with van der Waals surface area (Å²) in [5.74, 6) is -1.12. The Hall–Kier alpha value is -1.10. The maximum Gasteiger partial charge on any atom is 0.303 e. The lowest BCUT2D eigenvalue weighted by Crippen LogP contribution is -2.30. The van der Waals surface area contributed by atoms with E-state index in [4.69, 9.17) is 10.2 Å². The van der Waals surface area contributed by atoms with Crippen molar-refractivity contribution in [1.82, 2.24) is 5.32 Å². The van der Waals surface area contributed by atoms with Crippen LogP contribution in [0.3, 0.4) is 0 Å². The molecule has 0 saturated heterocycles. The standard InChI is InChI=1S/C8H15NO4/c1-6(10)5-9-7(11)3-2-4-8(12)13/h6,10H,2-5H2,1H3,(H,9,11)(H,12,13). The SMILES string of the molecule is CC(O)CNC(=O)CCCC(=O)O. The number of aliphatic carboxylic acids is 1. The first-order valence-electron chi connectivity index (χ1n) is 4.19. The highest BCUT2D eigenvalue weighted by molar-refractivity contribution is 5.76. The molecule has 76 valence electrons. The second kappa shape index (κ2) is 6.42. The van der Waals surface area contributed by atoms with E-state index < -0.39 is 12.1 Å². The second-order valence-corrected chi connectivity index (χ2v) is 2.90. The van der Waals surface area contributed by atoms with Crippen molar-refractivity contribution in [2.75, 3.05) is 6.54 Å². The van der Waals surface area contributed by atoms with E-state index in [9.17, 15) is 9.59 Å². The number of carboxylic acid groups (broad SMARTS) is 1. The normalized spacial score (nSPS) is 12.2. The number of rotatable bonds is 6. The Morgan fingerprint density at radius 3 is 2.46 bits per heavy atom. The van der Waals surface area contributed by atoms with E-state index in [0.29, 0.717) is 6.42 Å². The Labute approximate surface area is 76.8 Å². The minimum atomic E-state index is -0.900. The molecule has 0 bridgehead atoms. The van der Waals surface area contributed by atoms with Gasteiger partial charge in [0.2, 0.25) is 5.91 Å². The van der Waals surface area contributed by atoms with Gasteiger partial charge in [-0.1, -0.05) is 0 Å². The van der Waals surface area contributed by atoms with Gasteiger partial charge < -0.3 is 15.5 Å². The van der Waals surface area contributed by atoms with Gasteiger partial charge in [0.05, 0.1) is 6.10 Å². The molecular formula is C8H15NO4. The molecule has 0 aromatic carbocycles. The molecule has 0 radical (unpaired) electrons. The Morgan fingerprint density at radius 2 is 2.00 bits per heavy atom. The van der Waals surface area contributed by atoms with Gasteiger partial charge in [0, 0.05) is 19.4 Å². The molecule has 0 aliphatic heterocycles. The number of aliphatic hydroxyl groups is 1. The summed E-state index contributed by atoms with van der Waals surface area (Å²) in [5.41, 5.74) is 0. The van der Waals surface area contributed by atoms with Crippen molar-refractivity contribution in [2.24, 2.45) is 0 Å². The summed E-state index contributed by atoms with van der Waals surface area (Å²) < 4.78 is 0. The van der Waals surface area contributed by atoms with Crippen molar-refractivity contribution in [3.8, 4) is 0 Å². The smallest absolute Gasteiger partial charge is 0.303 e. The van der Waals surface area contributed by atoms with Gasteiger partial charge in [-0.25, -0.2) is 0 Å². The Morgan fingerprint density at radius 1 is 1.38 bits per heavy atom. The first-order chi connectivity index (χ1) is 6.02. The monoisotopic (exact) mass is 189 g/mol. The second-order valence-electron chi connectivity index (χ2n) is 2.90. The summed E-state index contributed by atoms with van der Waals surface area (Å²) in [4.78, 5) is 21.0. The number of carbonyl (C=O) groups is 2. The minimum Gasteiger partial charge on any atom is -0.481 e. The Balaban J connectivity index is 3.35. The van der Waals surface area contributed by atoms with Crippen LogP contribution in [0.15, 0.2) is 0 Å². The highest BCUT2D eigenvalue weighted by atomic mass is 16.4. The van der Waals surface area contributed by atoms with Crippen LogP contribution in [-0.2, 0) is 9.59 Å². The lowest BCUT2D eigenvalue weighted by molar-refractivity contribution is -0.137. The van der Waals surface area contributed by atoms with Gasteiger partial charge in [-0.05, 0) is 13.3 Å². The van der Waals surface area contributed by atoms with E-state index in [1.165, 1.54) is 0 Å². The fourth-order valence-corrected chi connectivity index (χ4v) is 0.750. The van der Waals surface area contributed by atoms with Crippen molar-refractivity contribution >= 4 is 11.9 Å². The van der Waals surface area contributed by atoms with Gasteiger partial charge in [-0.15, -0.1) is 0 Å². The fraction of sp³-hybridized carbons (Fsp3) is 0.750. The molecule has 0 aromatic rings. The molecule has 1 unspecified atom stereocenters.